The lowest BCUT2D eigenvalue weighted by Crippen LogP contribution is -2.22. The van der Waals surface area contributed by atoms with E-state index in [1.54, 1.807) is 30.7 Å². The van der Waals surface area contributed by atoms with Crippen LogP contribution in [0, 0.1) is 0 Å². The predicted octanol–water partition coefficient (Wildman–Crippen LogP) is 4.31. The van der Waals surface area contributed by atoms with Gasteiger partial charge >= 0.3 is 6.18 Å². The van der Waals surface area contributed by atoms with Crippen molar-refractivity contribution in [1.82, 2.24) is 15.0 Å². The molecule has 0 aliphatic rings. The number of pyridine rings is 1. The van der Waals surface area contributed by atoms with Gasteiger partial charge < -0.3 is 10.2 Å². The summed E-state index contributed by atoms with van der Waals surface area (Å²) in [5.41, 5.74) is 0.750. The number of nitrogens with one attached hydrogen (secondary N) is 1. The number of halogens is 3. The van der Waals surface area contributed by atoms with Gasteiger partial charge in [-0.25, -0.2) is 4.98 Å². The fourth-order valence-corrected chi connectivity index (χ4v) is 2.47. The zero-order valence-electron chi connectivity index (χ0n) is 14.6. The van der Waals surface area contributed by atoms with Gasteiger partial charge in [-0.3, -0.25) is 4.98 Å². The highest BCUT2D eigenvalue weighted by molar-refractivity contribution is 5.58. The van der Waals surface area contributed by atoms with E-state index < -0.39 is 11.7 Å². The van der Waals surface area contributed by atoms with Crippen LogP contribution in [0.4, 0.5) is 30.6 Å². The normalized spacial score (nSPS) is 11.3. The van der Waals surface area contributed by atoms with Crippen molar-refractivity contribution in [1.29, 1.82) is 0 Å². The zero-order chi connectivity index (χ0) is 19.3. The standard InChI is InChI=1S/C19H18F3N5/c1-27(12-8-14-5-9-23-10-6-14)18-24-11-7-17(26-18)25-16-4-2-3-15(13-16)19(20,21)22/h2-7,9-11,13H,8,12H2,1H3,(H,24,25,26). The average Bonchev–Trinajstić information content (AvgIpc) is 2.67. The Morgan fingerprint density at radius 3 is 2.56 bits per heavy atom. The molecule has 2 aromatic heterocycles. The fraction of sp³-hybridized carbons (Fsp3) is 0.211. The second kappa shape index (κ2) is 8.03. The lowest BCUT2D eigenvalue weighted by Gasteiger charge is -2.18. The molecule has 1 aromatic carbocycles. The monoisotopic (exact) mass is 373 g/mol. The van der Waals surface area contributed by atoms with E-state index in [1.807, 2.05) is 24.1 Å². The SMILES string of the molecule is CN(CCc1ccncc1)c1nccc(Nc2cccc(C(F)(F)F)c2)n1. The Hall–Kier alpha value is -3.16. The van der Waals surface area contributed by atoms with Gasteiger partial charge in [-0.15, -0.1) is 0 Å². The Bertz CT molecular complexity index is 884. The van der Waals surface area contributed by atoms with Gasteiger partial charge in [0.2, 0.25) is 5.95 Å². The smallest absolute Gasteiger partial charge is 0.343 e. The van der Waals surface area contributed by atoms with Crippen LogP contribution in [0.15, 0.2) is 61.1 Å². The van der Waals surface area contributed by atoms with Crippen LogP contribution in [0.2, 0.25) is 0 Å². The first kappa shape index (κ1) is 18.6. The highest BCUT2D eigenvalue weighted by Gasteiger charge is 2.30. The number of nitrogens with zero attached hydrogens (tertiary/aromatic N) is 4. The molecule has 0 fully saturated rings. The van der Waals surface area contributed by atoms with Gasteiger partial charge in [-0.05, 0) is 48.4 Å². The van der Waals surface area contributed by atoms with E-state index in [0.717, 1.165) is 24.1 Å². The molecule has 1 N–H and O–H groups in total. The van der Waals surface area contributed by atoms with Gasteiger partial charge in [0.15, 0.2) is 0 Å². The molecule has 0 radical (unpaired) electrons. The minimum absolute atomic E-state index is 0.314. The number of anilines is 3. The highest BCUT2D eigenvalue weighted by atomic mass is 19.4. The molecule has 0 spiro atoms. The molecule has 3 rings (SSSR count). The van der Waals surface area contributed by atoms with Crippen molar-refractivity contribution in [2.45, 2.75) is 12.6 Å². The van der Waals surface area contributed by atoms with Crippen LogP contribution < -0.4 is 10.2 Å². The second-order valence-corrected chi connectivity index (χ2v) is 5.97. The van der Waals surface area contributed by atoms with Crippen molar-refractivity contribution < 1.29 is 13.2 Å². The summed E-state index contributed by atoms with van der Waals surface area (Å²) in [5.74, 6) is 0.913. The molecule has 0 atom stereocenters. The molecule has 0 saturated carbocycles. The van der Waals surface area contributed by atoms with Gasteiger partial charge in [0.25, 0.3) is 0 Å². The Balaban J connectivity index is 1.68. The number of aromatic nitrogens is 3. The maximum Gasteiger partial charge on any atom is 0.416 e. The zero-order valence-corrected chi connectivity index (χ0v) is 14.6. The minimum atomic E-state index is -4.39. The number of rotatable bonds is 6. The first-order chi connectivity index (χ1) is 12.9. The van der Waals surface area contributed by atoms with Crippen LogP contribution >= 0.6 is 0 Å². The molecular formula is C19H18F3N5. The van der Waals surface area contributed by atoms with Crippen LogP contribution in [0.3, 0.4) is 0 Å². The molecule has 3 aromatic rings. The van der Waals surface area contributed by atoms with Crippen molar-refractivity contribution in [2.24, 2.45) is 0 Å². The summed E-state index contributed by atoms with van der Waals surface area (Å²) < 4.78 is 38.5. The summed E-state index contributed by atoms with van der Waals surface area (Å²) in [7, 11) is 1.87. The largest absolute Gasteiger partial charge is 0.416 e. The summed E-state index contributed by atoms with van der Waals surface area (Å²) >= 11 is 0. The predicted molar refractivity (Wildman–Crippen MR) is 98.0 cm³/mol. The number of hydrogen-bond acceptors (Lipinski definition) is 5. The summed E-state index contributed by atoms with van der Waals surface area (Å²) in [6.45, 7) is 0.691. The highest BCUT2D eigenvalue weighted by Crippen LogP contribution is 2.31. The molecule has 27 heavy (non-hydrogen) atoms. The Labute approximate surface area is 154 Å². The maximum atomic E-state index is 12.8. The van der Waals surface area contributed by atoms with Gasteiger partial charge in [0, 0.05) is 37.9 Å². The van der Waals surface area contributed by atoms with Gasteiger partial charge in [-0.2, -0.15) is 18.2 Å². The van der Waals surface area contributed by atoms with E-state index in [0.29, 0.717) is 24.0 Å². The van der Waals surface area contributed by atoms with Crippen molar-refractivity contribution >= 4 is 17.5 Å². The van der Waals surface area contributed by atoms with E-state index in [1.165, 1.54) is 6.07 Å². The van der Waals surface area contributed by atoms with Gasteiger partial charge in [0.05, 0.1) is 5.56 Å². The number of benzene rings is 1. The van der Waals surface area contributed by atoms with Crippen LogP contribution in [0.5, 0.6) is 0 Å². The number of alkyl halides is 3. The number of hydrogen-bond donors (Lipinski definition) is 1. The first-order valence-electron chi connectivity index (χ1n) is 8.29. The number of likely N-dealkylation sites (N-methyl/N-ethyl adjacent to an activating group) is 1. The summed E-state index contributed by atoms with van der Waals surface area (Å²) in [4.78, 5) is 14.5. The lowest BCUT2D eigenvalue weighted by atomic mass is 10.2. The van der Waals surface area contributed by atoms with Crippen molar-refractivity contribution in [3.63, 3.8) is 0 Å². The molecule has 5 nitrogen and oxygen atoms in total. The average molecular weight is 373 g/mol. The van der Waals surface area contributed by atoms with E-state index in [4.69, 9.17) is 0 Å². The van der Waals surface area contributed by atoms with E-state index in [9.17, 15) is 13.2 Å². The molecule has 0 unspecified atom stereocenters. The fourth-order valence-electron chi connectivity index (χ4n) is 2.47. The molecule has 0 aliphatic carbocycles. The van der Waals surface area contributed by atoms with Crippen LogP contribution in [-0.2, 0) is 12.6 Å². The summed E-state index contributed by atoms with van der Waals surface area (Å²) in [6.07, 6.45) is 1.47. The van der Waals surface area contributed by atoms with Crippen LogP contribution in [0.1, 0.15) is 11.1 Å². The summed E-state index contributed by atoms with van der Waals surface area (Å²) in [5, 5.41) is 2.90. The first-order valence-corrected chi connectivity index (χ1v) is 8.29. The second-order valence-electron chi connectivity index (χ2n) is 5.97. The van der Waals surface area contributed by atoms with Crippen molar-refractivity contribution in [3.8, 4) is 0 Å². The summed E-state index contributed by atoms with van der Waals surface area (Å²) in [6, 6.07) is 10.5. The molecule has 2 heterocycles. The third-order valence-corrected chi connectivity index (χ3v) is 3.93. The Morgan fingerprint density at radius 1 is 1.04 bits per heavy atom. The van der Waals surface area contributed by atoms with Crippen molar-refractivity contribution in [3.05, 3.63) is 72.2 Å². The molecule has 0 saturated heterocycles. The third-order valence-electron chi connectivity index (χ3n) is 3.93. The maximum absolute atomic E-state index is 12.8. The van der Waals surface area contributed by atoms with E-state index in [2.05, 4.69) is 20.3 Å². The van der Waals surface area contributed by atoms with E-state index in [-0.39, 0.29) is 0 Å². The van der Waals surface area contributed by atoms with Gasteiger partial charge in [-0.1, -0.05) is 6.07 Å². The molecule has 0 aliphatic heterocycles. The van der Waals surface area contributed by atoms with Crippen LogP contribution in [0.25, 0.3) is 0 Å². The quantitative estimate of drug-likeness (QED) is 0.698. The topological polar surface area (TPSA) is 53.9 Å². The molecular weight excluding hydrogens is 355 g/mol. The van der Waals surface area contributed by atoms with Crippen molar-refractivity contribution in [2.75, 3.05) is 23.8 Å². The Kier molecular flexibility index (Phi) is 5.54. The van der Waals surface area contributed by atoms with E-state index >= 15 is 0 Å². The Morgan fingerprint density at radius 2 is 1.81 bits per heavy atom. The minimum Gasteiger partial charge on any atom is -0.343 e. The third kappa shape index (κ3) is 5.16. The molecule has 0 amide bonds. The molecule has 0 bridgehead atoms. The molecule has 8 heteroatoms. The van der Waals surface area contributed by atoms with Gasteiger partial charge in [0.1, 0.15) is 5.82 Å². The van der Waals surface area contributed by atoms with Crippen LogP contribution in [-0.4, -0.2) is 28.5 Å². The molecule has 140 valence electrons. The lowest BCUT2D eigenvalue weighted by molar-refractivity contribution is -0.137.